The minimum Gasteiger partial charge on any atom is -0.208 e. The summed E-state index contributed by atoms with van der Waals surface area (Å²) in [6.07, 6.45) is 8.50. The highest BCUT2D eigenvalue weighted by Gasteiger charge is 2.51. The van der Waals surface area contributed by atoms with Crippen LogP contribution in [0.15, 0.2) is 115 Å². The molecule has 2 heterocycles. The van der Waals surface area contributed by atoms with Crippen molar-refractivity contribution in [3.05, 3.63) is 126 Å². The van der Waals surface area contributed by atoms with Gasteiger partial charge in [0.2, 0.25) is 0 Å². The van der Waals surface area contributed by atoms with E-state index in [2.05, 4.69) is 84.9 Å². The van der Waals surface area contributed by atoms with E-state index in [0.717, 1.165) is 55.5 Å². The van der Waals surface area contributed by atoms with E-state index in [4.69, 9.17) is 15.0 Å². The van der Waals surface area contributed by atoms with Crippen LogP contribution in [-0.2, 0) is 5.41 Å². The normalized spacial score (nSPS) is 22.5. The van der Waals surface area contributed by atoms with Gasteiger partial charge in [0.1, 0.15) is 0 Å². The van der Waals surface area contributed by atoms with Gasteiger partial charge in [-0.25, -0.2) is 15.0 Å². The number of hydrogen-bond acceptors (Lipinski definition) is 5. The lowest BCUT2D eigenvalue weighted by Gasteiger charge is -2.57. The first kappa shape index (κ1) is 28.8. The molecule has 4 bridgehead atoms. The molecule has 4 nitrogen and oxygen atoms in total. The maximum absolute atomic E-state index is 9.57. The van der Waals surface area contributed by atoms with Crippen LogP contribution in [0, 0.1) is 29.1 Å². The SMILES string of the molecule is N#Cc1ccc2sc3ccc(-c4nc(-c5ccccc5)nc(-c5ccccc5-c5ccc(C67CC8CC(CC(C8)C6)C7)cc5)n4)cc3c2c1. The van der Waals surface area contributed by atoms with Crippen LogP contribution in [-0.4, -0.2) is 15.0 Å². The van der Waals surface area contributed by atoms with Crippen molar-refractivity contribution in [2.24, 2.45) is 17.8 Å². The summed E-state index contributed by atoms with van der Waals surface area (Å²) in [4.78, 5) is 15.3. The monoisotopic (exact) mass is 650 g/mol. The summed E-state index contributed by atoms with van der Waals surface area (Å²) in [6.45, 7) is 0. The van der Waals surface area contributed by atoms with Gasteiger partial charge in [-0.15, -0.1) is 11.3 Å². The standard InChI is InChI=1S/C44H34N4S/c45-26-27-10-16-39-37(21-27)38-22-33(13-17-40(38)49-39)42-46-41(32-6-2-1-3-7-32)47-43(48-42)36-9-5-4-8-35(36)31-11-14-34(15-12-31)44-23-28-18-29(24-44)20-30(19-28)25-44/h1-17,21-22,28-30H,18-20,23-25H2. The molecule has 49 heavy (non-hydrogen) atoms. The van der Waals surface area contributed by atoms with Crippen molar-refractivity contribution in [1.82, 2.24) is 15.0 Å². The van der Waals surface area contributed by atoms with Crippen molar-refractivity contribution in [2.45, 2.75) is 43.9 Å². The van der Waals surface area contributed by atoms with Crippen LogP contribution in [0.3, 0.4) is 0 Å². The van der Waals surface area contributed by atoms with Crippen molar-refractivity contribution in [2.75, 3.05) is 0 Å². The number of aromatic nitrogens is 3. The van der Waals surface area contributed by atoms with Crippen LogP contribution in [0.2, 0.25) is 0 Å². The number of fused-ring (bicyclic) bond motifs is 3. The fraction of sp³-hybridized carbons (Fsp3) is 0.227. The largest absolute Gasteiger partial charge is 0.208 e. The van der Waals surface area contributed by atoms with Crippen molar-refractivity contribution in [3.63, 3.8) is 0 Å². The fourth-order valence-corrected chi connectivity index (χ4v) is 10.8. The van der Waals surface area contributed by atoms with Gasteiger partial charge in [0, 0.05) is 36.9 Å². The Morgan fingerprint density at radius 1 is 0.551 bits per heavy atom. The molecule has 7 aromatic rings. The minimum atomic E-state index is 0.381. The summed E-state index contributed by atoms with van der Waals surface area (Å²) in [7, 11) is 0. The van der Waals surface area contributed by atoms with E-state index in [0.29, 0.717) is 28.5 Å². The third-order valence-electron chi connectivity index (χ3n) is 11.5. The summed E-state index contributed by atoms with van der Waals surface area (Å²) in [5.41, 5.74) is 7.76. The molecule has 236 valence electrons. The first-order valence-electron chi connectivity index (χ1n) is 17.5. The van der Waals surface area contributed by atoms with Gasteiger partial charge >= 0.3 is 0 Å². The Balaban J connectivity index is 1.08. The molecule has 0 radical (unpaired) electrons. The van der Waals surface area contributed by atoms with Crippen LogP contribution < -0.4 is 0 Å². The van der Waals surface area contributed by atoms with Gasteiger partial charge in [-0.05, 0) is 115 Å². The molecule has 4 aliphatic carbocycles. The maximum atomic E-state index is 9.57. The predicted molar refractivity (Wildman–Crippen MR) is 199 cm³/mol. The average molecular weight is 651 g/mol. The number of benzene rings is 5. The highest BCUT2D eigenvalue weighted by molar-refractivity contribution is 7.25. The van der Waals surface area contributed by atoms with Gasteiger partial charge in [0.15, 0.2) is 17.5 Å². The zero-order valence-electron chi connectivity index (χ0n) is 27.1. The van der Waals surface area contributed by atoms with Crippen LogP contribution in [0.25, 0.3) is 65.5 Å². The molecule has 0 N–H and O–H groups in total. The summed E-state index contributed by atoms with van der Waals surface area (Å²) in [5, 5.41) is 11.8. The second kappa shape index (κ2) is 11.2. The van der Waals surface area contributed by atoms with E-state index in [1.807, 2.05) is 36.4 Å². The fourth-order valence-electron chi connectivity index (χ4n) is 9.73. The Morgan fingerprint density at radius 2 is 1.12 bits per heavy atom. The predicted octanol–water partition coefficient (Wildman–Crippen LogP) is 11.2. The smallest absolute Gasteiger partial charge is 0.164 e. The Morgan fingerprint density at radius 3 is 1.82 bits per heavy atom. The topological polar surface area (TPSA) is 62.5 Å². The molecule has 0 atom stereocenters. The van der Waals surface area contributed by atoms with E-state index in [1.165, 1.54) is 48.8 Å². The van der Waals surface area contributed by atoms with Gasteiger partial charge in [0.05, 0.1) is 11.6 Å². The molecule has 4 saturated carbocycles. The van der Waals surface area contributed by atoms with E-state index in [-0.39, 0.29) is 0 Å². The number of nitrogens with zero attached hydrogens (tertiary/aromatic N) is 4. The van der Waals surface area contributed by atoms with Crippen LogP contribution in [0.1, 0.15) is 49.7 Å². The average Bonchev–Trinajstić information content (AvgIpc) is 3.52. The lowest BCUT2D eigenvalue weighted by Crippen LogP contribution is -2.48. The Labute approximate surface area is 290 Å². The zero-order chi connectivity index (χ0) is 32.5. The van der Waals surface area contributed by atoms with Crippen molar-refractivity contribution in [1.29, 1.82) is 5.26 Å². The molecule has 11 rings (SSSR count). The second-order valence-corrected chi connectivity index (χ2v) is 15.7. The molecule has 0 aliphatic heterocycles. The summed E-state index contributed by atoms with van der Waals surface area (Å²) in [5.74, 6) is 4.72. The van der Waals surface area contributed by atoms with Gasteiger partial charge in [-0.1, -0.05) is 78.9 Å². The van der Waals surface area contributed by atoms with Crippen LogP contribution in [0.4, 0.5) is 0 Å². The first-order valence-corrected chi connectivity index (χ1v) is 18.3. The van der Waals surface area contributed by atoms with Gasteiger partial charge < -0.3 is 0 Å². The van der Waals surface area contributed by atoms with Crippen molar-refractivity contribution >= 4 is 31.5 Å². The number of hydrogen-bond donors (Lipinski definition) is 0. The zero-order valence-corrected chi connectivity index (χ0v) is 28.0. The van der Waals surface area contributed by atoms with E-state index in [9.17, 15) is 5.26 Å². The van der Waals surface area contributed by atoms with Crippen LogP contribution in [0.5, 0.6) is 0 Å². The molecule has 0 unspecified atom stereocenters. The molecule has 5 aromatic carbocycles. The van der Waals surface area contributed by atoms with E-state index in [1.54, 1.807) is 16.9 Å². The van der Waals surface area contributed by atoms with Gasteiger partial charge in [-0.2, -0.15) is 5.26 Å². The summed E-state index contributed by atoms with van der Waals surface area (Å²) in [6, 6.07) is 42.8. The molecule has 4 fully saturated rings. The lowest BCUT2D eigenvalue weighted by molar-refractivity contribution is -0.00518. The lowest BCUT2D eigenvalue weighted by atomic mass is 9.48. The molecule has 0 spiro atoms. The van der Waals surface area contributed by atoms with Crippen molar-refractivity contribution in [3.8, 4) is 51.4 Å². The molecule has 0 saturated heterocycles. The molecule has 0 amide bonds. The second-order valence-electron chi connectivity index (χ2n) is 14.6. The van der Waals surface area contributed by atoms with E-state index < -0.39 is 0 Å². The van der Waals surface area contributed by atoms with Gasteiger partial charge in [-0.3, -0.25) is 0 Å². The number of nitriles is 1. The molecule has 2 aromatic heterocycles. The summed E-state index contributed by atoms with van der Waals surface area (Å²) >= 11 is 1.74. The van der Waals surface area contributed by atoms with E-state index >= 15 is 0 Å². The highest BCUT2D eigenvalue weighted by Crippen LogP contribution is 2.60. The quantitative estimate of drug-likeness (QED) is 0.186. The maximum Gasteiger partial charge on any atom is 0.164 e. The minimum absolute atomic E-state index is 0.381. The summed E-state index contributed by atoms with van der Waals surface area (Å²) < 4.78 is 2.34. The number of thiophene rings is 1. The number of rotatable bonds is 5. The Bertz CT molecular complexity index is 2400. The first-order chi connectivity index (χ1) is 24.1. The third kappa shape index (κ3) is 4.89. The highest BCUT2D eigenvalue weighted by atomic mass is 32.1. The molecular formula is C44H34N4S. The Hall–Kier alpha value is -5.18. The van der Waals surface area contributed by atoms with Gasteiger partial charge in [0.25, 0.3) is 0 Å². The third-order valence-corrected chi connectivity index (χ3v) is 12.7. The van der Waals surface area contributed by atoms with Crippen molar-refractivity contribution < 1.29 is 0 Å². The Kier molecular flexibility index (Phi) is 6.57. The molecule has 5 heteroatoms. The molecule has 4 aliphatic rings. The molecular weight excluding hydrogens is 617 g/mol. The van der Waals surface area contributed by atoms with Crippen LogP contribution >= 0.6 is 11.3 Å².